The van der Waals surface area contributed by atoms with Crippen molar-refractivity contribution in [3.63, 3.8) is 0 Å². The lowest BCUT2D eigenvalue weighted by atomic mass is 9.96. The lowest BCUT2D eigenvalue weighted by Gasteiger charge is -2.32. The molecule has 0 saturated carbocycles. The van der Waals surface area contributed by atoms with Gasteiger partial charge in [-0.1, -0.05) is 11.6 Å². The van der Waals surface area contributed by atoms with Crippen molar-refractivity contribution >= 4 is 23.4 Å². The van der Waals surface area contributed by atoms with Crippen LogP contribution in [0.2, 0.25) is 5.15 Å². The standard InChI is InChI=1S/C14H20ClN3O2/c1-17-7-5-10(6-8-17)9-18(2)13-11(14(19)20)3-4-12(15)16-13/h3-4,10H,5-9H2,1-2H3,(H,19,20). The number of hydrogen-bond acceptors (Lipinski definition) is 4. The average Bonchev–Trinajstić information content (AvgIpc) is 2.41. The molecule has 0 atom stereocenters. The highest BCUT2D eigenvalue weighted by molar-refractivity contribution is 6.29. The topological polar surface area (TPSA) is 56.7 Å². The van der Waals surface area contributed by atoms with Crippen molar-refractivity contribution in [1.82, 2.24) is 9.88 Å². The van der Waals surface area contributed by atoms with Gasteiger partial charge in [-0.3, -0.25) is 0 Å². The van der Waals surface area contributed by atoms with Gasteiger partial charge in [-0.25, -0.2) is 9.78 Å². The first-order valence-electron chi connectivity index (χ1n) is 6.77. The van der Waals surface area contributed by atoms with Crippen LogP contribution in [-0.4, -0.2) is 54.7 Å². The summed E-state index contributed by atoms with van der Waals surface area (Å²) in [6.45, 7) is 2.99. The van der Waals surface area contributed by atoms with E-state index in [4.69, 9.17) is 11.6 Å². The van der Waals surface area contributed by atoms with Crippen LogP contribution < -0.4 is 4.90 Å². The predicted molar refractivity (Wildman–Crippen MR) is 79.7 cm³/mol. The number of rotatable bonds is 4. The number of aromatic nitrogens is 1. The number of halogens is 1. The molecule has 20 heavy (non-hydrogen) atoms. The molecule has 0 bridgehead atoms. The first-order chi connectivity index (χ1) is 9.47. The average molecular weight is 298 g/mol. The minimum Gasteiger partial charge on any atom is -0.478 e. The van der Waals surface area contributed by atoms with E-state index in [1.807, 2.05) is 11.9 Å². The molecule has 0 amide bonds. The van der Waals surface area contributed by atoms with Gasteiger partial charge in [0.15, 0.2) is 0 Å². The highest BCUT2D eigenvalue weighted by Gasteiger charge is 2.21. The van der Waals surface area contributed by atoms with Gasteiger partial charge >= 0.3 is 5.97 Å². The zero-order valence-corrected chi connectivity index (χ0v) is 12.6. The smallest absolute Gasteiger partial charge is 0.339 e. The Morgan fingerprint density at radius 3 is 2.75 bits per heavy atom. The highest BCUT2D eigenvalue weighted by atomic mass is 35.5. The molecule has 1 aromatic rings. The van der Waals surface area contributed by atoms with Gasteiger partial charge in [0.2, 0.25) is 0 Å². The number of hydrogen-bond donors (Lipinski definition) is 1. The van der Waals surface area contributed by atoms with Crippen molar-refractivity contribution in [3.8, 4) is 0 Å². The summed E-state index contributed by atoms with van der Waals surface area (Å²) in [7, 11) is 4.00. The zero-order chi connectivity index (χ0) is 14.7. The van der Waals surface area contributed by atoms with Gasteiger partial charge in [-0.15, -0.1) is 0 Å². The van der Waals surface area contributed by atoms with Gasteiger partial charge in [-0.05, 0) is 51.0 Å². The van der Waals surface area contributed by atoms with Crippen LogP contribution in [0.15, 0.2) is 12.1 Å². The van der Waals surface area contributed by atoms with Crippen LogP contribution in [0, 0.1) is 5.92 Å². The number of aromatic carboxylic acids is 1. The molecule has 6 heteroatoms. The van der Waals surface area contributed by atoms with Gasteiger partial charge in [-0.2, -0.15) is 0 Å². The molecule has 1 aliphatic rings. The van der Waals surface area contributed by atoms with Crippen LogP contribution in [0.5, 0.6) is 0 Å². The maximum absolute atomic E-state index is 11.3. The van der Waals surface area contributed by atoms with Crippen LogP contribution in [0.3, 0.4) is 0 Å². The van der Waals surface area contributed by atoms with E-state index in [-0.39, 0.29) is 5.56 Å². The predicted octanol–water partition coefficient (Wildman–Crippen LogP) is 2.21. The summed E-state index contributed by atoms with van der Waals surface area (Å²) in [5.41, 5.74) is 0.199. The second kappa shape index (κ2) is 6.41. The molecule has 0 spiro atoms. The Hall–Kier alpha value is -1.33. The molecule has 1 aromatic heterocycles. The van der Waals surface area contributed by atoms with E-state index in [0.29, 0.717) is 16.9 Å². The highest BCUT2D eigenvalue weighted by Crippen LogP contribution is 2.23. The first kappa shape index (κ1) is 15.1. The van der Waals surface area contributed by atoms with Crippen LogP contribution in [0.25, 0.3) is 0 Å². The number of carboxylic acid groups (broad SMARTS) is 1. The van der Waals surface area contributed by atoms with Crippen molar-refractivity contribution in [2.75, 3.05) is 38.6 Å². The Labute approximate surface area is 124 Å². The Morgan fingerprint density at radius 2 is 2.15 bits per heavy atom. The molecule has 0 aromatic carbocycles. The number of pyridine rings is 1. The SMILES string of the molecule is CN1CCC(CN(C)c2nc(Cl)ccc2C(=O)O)CC1. The summed E-state index contributed by atoms with van der Waals surface area (Å²) in [5.74, 6) is 0.0435. The zero-order valence-electron chi connectivity index (χ0n) is 11.8. The molecule has 0 radical (unpaired) electrons. The number of nitrogens with zero attached hydrogens (tertiary/aromatic N) is 3. The molecule has 0 aliphatic carbocycles. The molecule has 1 N–H and O–H groups in total. The minimum absolute atomic E-state index is 0.199. The third-order valence-electron chi connectivity index (χ3n) is 3.80. The summed E-state index contributed by atoms with van der Waals surface area (Å²) in [5, 5.41) is 9.55. The van der Waals surface area contributed by atoms with E-state index in [1.54, 1.807) is 0 Å². The monoisotopic (exact) mass is 297 g/mol. The van der Waals surface area contributed by atoms with Crippen LogP contribution in [0.1, 0.15) is 23.2 Å². The molecule has 1 fully saturated rings. The molecule has 0 unspecified atom stereocenters. The van der Waals surface area contributed by atoms with E-state index in [0.717, 1.165) is 32.5 Å². The molecule has 110 valence electrons. The van der Waals surface area contributed by atoms with Crippen molar-refractivity contribution in [2.24, 2.45) is 5.92 Å². The molecule has 1 aliphatic heterocycles. The fourth-order valence-electron chi connectivity index (χ4n) is 2.60. The van der Waals surface area contributed by atoms with Crippen LogP contribution >= 0.6 is 11.6 Å². The Kier molecular flexibility index (Phi) is 4.83. The summed E-state index contributed by atoms with van der Waals surface area (Å²) in [6.07, 6.45) is 2.26. The van der Waals surface area contributed by atoms with Crippen molar-refractivity contribution < 1.29 is 9.90 Å². The van der Waals surface area contributed by atoms with Crippen molar-refractivity contribution in [2.45, 2.75) is 12.8 Å². The number of carboxylic acids is 1. The molecule has 2 heterocycles. The van der Waals surface area contributed by atoms with Crippen LogP contribution in [0.4, 0.5) is 5.82 Å². The maximum atomic E-state index is 11.3. The molecule has 2 rings (SSSR count). The first-order valence-corrected chi connectivity index (χ1v) is 7.14. The minimum atomic E-state index is -0.973. The molecule has 1 saturated heterocycles. The second-order valence-electron chi connectivity index (χ2n) is 5.44. The Balaban J connectivity index is 2.10. The van der Waals surface area contributed by atoms with E-state index in [1.165, 1.54) is 12.1 Å². The third-order valence-corrected chi connectivity index (χ3v) is 4.01. The summed E-state index contributed by atoms with van der Waals surface area (Å²) in [4.78, 5) is 19.7. The fourth-order valence-corrected chi connectivity index (χ4v) is 2.74. The van der Waals surface area contributed by atoms with E-state index in [2.05, 4.69) is 16.9 Å². The fraction of sp³-hybridized carbons (Fsp3) is 0.571. The molecule has 5 nitrogen and oxygen atoms in total. The van der Waals surface area contributed by atoms with Crippen molar-refractivity contribution in [3.05, 3.63) is 22.8 Å². The van der Waals surface area contributed by atoms with Crippen molar-refractivity contribution in [1.29, 1.82) is 0 Å². The Morgan fingerprint density at radius 1 is 1.50 bits per heavy atom. The van der Waals surface area contributed by atoms with E-state index < -0.39 is 5.97 Å². The van der Waals surface area contributed by atoms with Gasteiger partial charge < -0.3 is 14.9 Å². The number of carbonyl (C=O) groups is 1. The molecular weight excluding hydrogens is 278 g/mol. The quantitative estimate of drug-likeness (QED) is 0.864. The number of piperidine rings is 1. The van der Waals surface area contributed by atoms with Crippen LogP contribution in [-0.2, 0) is 0 Å². The second-order valence-corrected chi connectivity index (χ2v) is 5.82. The van der Waals surface area contributed by atoms with Gasteiger partial charge in [0, 0.05) is 13.6 Å². The largest absolute Gasteiger partial charge is 0.478 e. The third kappa shape index (κ3) is 3.61. The maximum Gasteiger partial charge on any atom is 0.339 e. The lowest BCUT2D eigenvalue weighted by Crippen LogP contribution is -2.36. The summed E-state index contributed by atoms with van der Waals surface area (Å²) in [6, 6.07) is 3.02. The van der Waals surface area contributed by atoms with E-state index >= 15 is 0 Å². The molecular formula is C14H20ClN3O2. The van der Waals surface area contributed by atoms with Gasteiger partial charge in [0.25, 0.3) is 0 Å². The Bertz CT molecular complexity index is 487. The lowest BCUT2D eigenvalue weighted by molar-refractivity contribution is 0.0697. The van der Waals surface area contributed by atoms with Gasteiger partial charge in [0.05, 0.1) is 0 Å². The van der Waals surface area contributed by atoms with Gasteiger partial charge in [0.1, 0.15) is 16.5 Å². The summed E-state index contributed by atoms with van der Waals surface area (Å²) >= 11 is 5.89. The number of anilines is 1. The number of likely N-dealkylation sites (tertiary alicyclic amines) is 1. The normalized spacial score (nSPS) is 17.1. The summed E-state index contributed by atoms with van der Waals surface area (Å²) < 4.78 is 0. The van der Waals surface area contributed by atoms with E-state index in [9.17, 15) is 9.90 Å².